The first kappa shape index (κ1) is 15.7. The van der Waals surface area contributed by atoms with E-state index in [-0.39, 0.29) is 5.91 Å². The van der Waals surface area contributed by atoms with Crippen molar-refractivity contribution in [3.8, 4) is 0 Å². The van der Waals surface area contributed by atoms with Gasteiger partial charge in [0.25, 0.3) is 5.91 Å². The summed E-state index contributed by atoms with van der Waals surface area (Å²) in [6.07, 6.45) is 0.591. The molecule has 0 bridgehead atoms. The van der Waals surface area contributed by atoms with Gasteiger partial charge in [-0.1, -0.05) is 40.3 Å². The van der Waals surface area contributed by atoms with Crippen LogP contribution in [0.25, 0.3) is 0 Å². The van der Waals surface area contributed by atoms with E-state index >= 15 is 0 Å². The highest BCUT2D eigenvalue weighted by Crippen LogP contribution is 2.25. The fourth-order valence-electron chi connectivity index (χ4n) is 1.70. The first-order valence-electron chi connectivity index (χ1n) is 6.20. The lowest BCUT2D eigenvalue weighted by molar-refractivity contribution is 0.0604. The van der Waals surface area contributed by atoms with Crippen molar-refractivity contribution in [2.75, 3.05) is 12.4 Å². The number of amides is 1. The topological polar surface area (TPSA) is 68.3 Å². The van der Waals surface area contributed by atoms with E-state index in [1.165, 1.54) is 7.11 Å². The van der Waals surface area contributed by atoms with Crippen LogP contribution in [0, 0.1) is 0 Å². The molecular weight excluding hydrogens is 356 g/mol. The summed E-state index contributed by atoms with van der Waals surface area (Å²) in [5.41, 5.74) is 1.13. The zero-order chi connectivity index (χ0) is 15.4. The number of aromatic nitrogens is 1. The van der Waals surface area contributed by atoms with Gasteiger partial charge >= 0.3 is 5.97 Å². The highest BCUT2D eigenvalue weighted by molar-refractivity contribution is 9.10. The quantitative estimate of drug-likeness (QED) is 0.838. The van der Waals surface area contributed by atoms with Gasteiger partial charge < -0.3 is 4.74 Å². The molecule has 110 valence electrons. The van der Waals surface area contributed by atoms with Crippen LogP contribution in [0.15, 0.2) is 28.7 Å². The number of esters is 1. The molecule has 0 spiro atoms. The Labute approximate surface area is 134 Å². The summed E-state index contributed by atoms with van der Waals surface area (Å²) in [5.74, 6) is -0.712. The third-order valence-electron chi connectivity index (χ3n) is 2.71. The monoisotopic (exact) mass is 368 g/mol. The number of ether oxygens (including phenoxy) is 1. The summed E-state index contributed by atoms with van der Waals surface area (Å²) < 4.78 is 5.53. The number of anilines is 1. The van der Waals surface area contributed by atoms with Crippen molar-refractivity contribution in [2.45, 2.75) is 13.3 Å². The van der Waals surface area contributed by atoms with Gasteiger partial charge in [0, 0.05) is 10.0 Å². The summed E-state index contributed by atoms with van der Waals surface area (Å²) in [5, 5.41) is 3.09. The first-order chi connectivity index (χ1) is 10.0. The second kappa shape index (κ2) is 6.82. The van der Waals surface area contributed by atoms with Crippen molar-refractivity contribution in [3.63, 3.8) is 0 Å². The zero-order valence-corrected chi connectivity index (χ0v) is 13.9. The van der Waals surface area contributed by atoms with E-state index < -0.39 is 5.97 Å². The summed E-state index contributed by atoms with van der Waals surface area (Å²) >= 11 is 4.43. The van der Waals surface area contributed by atoms with Crippen molar-refractivity contribution in [1.29, 1.82) is 0 Å². The van der Waals surface area contributed by atoms with Crippen molar-refractivity contribution < 1.29 is 14.3 Å². The Bertz CT molecular complexity index is 685. The molecule has 1 aromatic carbocycles. The number of thiazole rings is 1. The Hall–Kier alpha value is -1.73. The number of rotatable bonds is 4. The molecule has 0 radical (unpaired) electrons. The number of hydrogen-bond donors (Lipinski definition) is 1. The fraction of sp³-hybridized carbons (Fsp3) is 0.214. The van der Waals surface area contributed by atoms with Crippen molar-refractivity contribution in [3.05, 3.63) is 44.9 Å². The average Bonchev–Trinajstić information content (AvgIpc) is 2.89. The molecule has 1 heterocycles. The van der Waals surface area contributed by atoms with Gasteiger partial charge in [-0.25, -0.2) is 9.78 Å². The Balaban J connectivity index is 2.22. The highest BCUT2D eigenvalue weighted by Gasteiger charge is 2.19. The molecule has 0 fully saturated rings. The molecule has 7 heteroatoms. The maximum absolute atomic E-state index is 12.1. The lowest BCUT2D eigenvalue weighted by Gasteiger charge is -2.01. The van der Waals surface area contributed by atoms with E-state index in [4.69, 9.17) is 4.74 Å². The summed E-state index contributed by atoms with van der Waals surface area (Å²) in [6.45, 7) is 1.89. The van der Waals surface area contributed by atoms with E-state index in [1.807, 2.05) is 13.0 Å². The number of hydrogen-bond acceptors (Lipinski definition) is 5. The summed E-state index contributed by atoms with van der Waals surface area (Å²) in [7, 11) is 1.32. The lowest BCUT2D eigenvalue weighted by atomic mass is 10.2. The zero-order valence-electron chi connectivity index (χ0n) is 11.5. The predicted molar refractivity (Wildman–Crippen MR) is 84.9 cm³/mol. The van der Waals surface area contributed by atoms with Crippen molar-refractivity contribution in [1.82, 2.24) is 4.98 Å². The van der Waals surface area contributed by atoms with E-state index in [9.17, 15) is 9.59 Å². The largest absolute Gasteiger partial charge is 0.465 e. The van der Waals surface area contributed by atoms with Crippen LogP contribution in [-0.4, -0.2) is 24.0 Å². The molecule has 1 N–H and O–H groups in total. The molecule has 0 saturated carbocycles. The molecule has 0 aliphatic carbocycles. The van der Waals surface area contributed by atoms with Crippen LogP contribution in [0.3, 0.4) is 0 Å². The number of methoxy groups -OCH3 is 1. The SMILES string of the molecule is CCc1nc(NC(=O)c2cccc(Br)c2)sc1C(=O)OC. The van der Waals surface area contributed by atoms with Crippen LogP contribution < -0.4 is 5.32 Å². The van der Waals surface area contributed by atoms with Crippen LogP contribution in [0.4, 0.5) is 5.13 Å². The van der Waals surface area contributed by atoms with Crippen LogP contribution in [-0.2, 0) is 11.2 Å². The minimum absolute atomic E-state index is 0.274. The number of carbonyl (C=O) groups is 2. The molecular formula is C14H13BrN2O3S. The molecule has 5 nitrogen and oxygen atoms in total. The van der Waals surface area contributed by atoms with Crippen LogP contribution in [0.1, 0.15) is 32.6 Å². The molecule has 0 unspecified atom stereocenters. The van der Waals surface area contributed by atoms with Gasteiger partial charge in [0.05, 0.1) is 12.8 Å². The molecule has 0 aliphatic heterocycles. The minimum atomic E-state index is -0.438. The van der Waals surface area contributed by atoms with Crippen LogP contribution in [0.5, 0.6) is 0 Å². The lowest BCUT2D eigenvalue weighted by Crippen LogP contribution is -2.11. The molecule has 0 atom stereocenters. The van der Waals surface area contributed by atoms with Crippen LogP contribution >= 0.6 is 27.3 Å². The second-order valence-corrected chi connectivity index (χ2v) is 6.02. The Morgan fingerprint density at radius 1 is 1.43 bits per heavy atom. The average molecular weight is 369 g/mol. The normalized spacial score (nSPS) is 10.2. The number of aryl methyl sites for hydroxylation is 1. The summed E-state index contributed by atoms with van der Waals surface area (Å²) in [4.78, 5) is 28.4. The number of nitrogens with zero attached hydrogens (tertiary/aromatic N) is 1. The third kappa shape index (κ3) is 3.68. The van der Waals surface area contributed by atoms with Gasteiger partial charge in [0.2, 0.25) is 0 Å². The molecule has 1 amide bonds. The van der Waals surface area contributed by atoms with E-state index in [0.29, 0.717) is 27.7 Å². The highest BCUT2D eigenvalue weighted by atomic mass is 79.9. The van der Waals surface area contributed by atoms with E-state index in [2.05, 4.69) is 26.2 Å². The molecule has 2 aromatic rings. The number of carbonyl (C=O) groups excluding carboxylic acids is 2. The van der Waals surface area contributed by atoms with Crippen LogP contribution in [0.2, 0.25) is 0 Å². The smallest absolute Gasteiger partial charge is 0.350 e. The second-order valence-electron chi connectivity index (χ2n) is 4.10. The minimum Gasteiger partial charge on any atom is -0.465 e. The van der Waals surface area contributed by atoms with Crippen molar-refractivity contribution in [2.24, 2.45) is 0 Å². The Kier molecular flexibility index (Phi) is 5.08. The van der Waals surface area contributed by atoms with Gasteiger partial charge in [-0.2, -0.15) is 0 Å². The molecule has 0 saturated heterocycles. The third-order valence-corrected chi connectivity index (χ3v) is 4.20. The maximum Gasteiger partial charge on any atom is 0.350 e. The van der Waals surface area contributed by atoms with Crippen molar-refractivity contribution >= 4 is 44.3 Å². The maximum atomic E-state index is 12.1. The number of benzene rings is 1. The van der Waals surface area contributed by atoms with Gasteiger partial charge in [-0.05, 0) is 24.6 Å². The molecule has 2 rings (SSSR count). The van der Waals surface area contributed by atoms with Gasteiger partial charge in [-0.15, -0.1) is 0 Å². The van der Waals surface area contributed by atoms with Gasteiger partial charge in [0.1, 0.15) is 4.88 Å². The molecule has 0 aliphatic rings. The first-order valence-corrected chi connectivity index (χ1v) is 7.81. The summed E-state index contributed by atoms with van der Waals surface area (Å²) in [6, 6.07) is 7.03. The standard InChI is InChI=1S/C14H13BrN2O3S/c1-3-10-11(13(19)20-2)21-14(16-10)17-12(18)8-5-4-6-9(15)7-8/h4-7H,3H2,1-2H3,(H,16,17,18). The molecule has 1 aromatic heterocycles. The van der Waals surface area contributed by atoms with E-state index in [1.54, 1.807) is 18.2 Å². The number of nitrogens with one attached hydrogen (secondary N) is 1. The predicted octanol–water partition coefficient (Wildman–Crippen LogP) is 3.51. The molecule has 21 heavy (non-hydrogen) atoms. The van der Waals surface area contributed by atoms with E-state index in [0.717, 1.165) is 15.8 Å². The Morgan fingerprint density at radius 3 is 2.81 bits per heavy atom. The Morgan fingerprint density at radius 2 is 2.19 bits per heavy atom. The van der Waals surface area contributed by atoms with Gasteiger partial charge in [-0.3, -0.25) is 10.1 Å². The fourth-order valence-corrected chi connectivity index (χ4v) is 3.06. The number of halogens is 1. The van der Waals surface area contributed by atoms with Gasteiger partial charge in [0.15, 0.2) is 5.13 Å².